The molecule has 0 spiro atoms. The maximum Gasteiger partial charge on any atom is 0.358 e. The molecule has 0 unspecified atom stereocenters. The lowest BCUT2D eigenvalue weighted by molar-refractivity contribution is 0.0692. The predicted molar refractivity (Wildman–Crippen MR) is 91.9 cm³/mol. The van der Waals surface area contributed by atoms with E-state index in [0.29, 0.717) is 16.7 Å². The van der Waals surface area contributed by atoms with E-state index in [1.165, 1.54) is 0 Å². The number of aromatic nitrogens is 2. The number of phenols is 1. The number of aromatic carboxylic acids is 1. The van der Waals surface area contributed by atoms with Gasteiger partial charge in [0.2, 0.25) is 0 Å². The van der Waals surface area contributed by atoms with Crippen LogP contribution in [0.4, 0.5) is 11.5 Å². The highest BCUT2D eigenvalue weighted by atomic mass is 16.4. The number of pyridine rings is 1. The zero-order valence-electron chi connectivity index (χ0n) is 12.9. The predicted octanol–water partition coefficient (Wildman–Crippen LogP) is 4.31. The quantitative estimate of drug-likeness (QED) is 0.546. The highest BCUT2D eigenvalue weighted by Gasteiger charge is 2.18. The molecule has 2 aromatic carbocycles. The number of hydrogen-bond donors (Lipinski definition) is 2. The van der Waals surface area contributed by atoms with Crippen LogP contribution in [0.25, 0.3) is 16.4 Å². The molecule has 0 bridgehead atoms. The monoisotopic (exact) mass is 332 g/mol. The SMILES string of the molecule is O=C(O)c1nc2ccccn2c1N=Nc1cccc2c(O)cccc12. The molecule has 2 aromatic heterocycles. The molecule has 0 radical (unpaired) electrons. The molecule has 0 saturated heterocycles. The van der Waals surface area contributed by atoms with Gasteiger partial charge < -0.3 is 10.2 Å². The average molecular weight is 332 g/mol. The van der Waals surface area contributed by atoms with Crippen molar-refractivity contribution in [3.8, 4) is 5.75 Å². The summed E-state index contributed by atoms with van der Waals surface area (Å²) in [6, 6.07) is 15.6. The number of fused-ring (bicyclic) bond motifs is 2. The van der Waals surface area contributed by atoms with Gasteiger partial charge in [-0.15, -0.1) is 10.2 Å². The average Bonchev–Trinajstić information content (AvgIpc) is 2.99. The Hall–Kier alpha value is -3.74. The van der Waals surface area contributed by atoms with Gasteiger partial charge in [-0.05, 0) is 24.3 Å². The summed E-state index contributed by atoms with van der Waals surface area (Å²) in [5, 5.41) is 29.0. The first-order valence-electron chi connectivity index (χ1n) is 7.48. The highest BCUT2D eigenvalue weighted by molar-refractivity contribution is 5.96. The fourth-order valence-corrected chi connectivity index (χ4v) is 2.69. The van der Waals surface area contributed by atoms with Crippen LogP contribution in [0, 0.1) is 0 Å². The van der Waals surface area contributed by atoms with Crippen molar-refractivity contribution in [2.75, 3.05) is 0 Å². The lowest BCUT2D eigenvalue weighted by atomic mass is 10.1. The first-order valence-corrected chi connectivity index (χ1v) is 7.48. The summed E-state index contributed by atoms with van der Waals surface area (Å²) in [7, 11) is 0. The van der Waals surface area contributed by atoms with Gasteiger partial charge in [0.05, 0.1) is 5.69 Å². The van der Waals surface area contributed by atoms with Gasteiger partial charge in [-0.1, -0.05) is 30.3 Å². The zero-order valence-corrected chi connectivity index (χ0v) is 12.9. The van der Waals surface area contributed by atoms with Crippen LogP contribution < -0.4 is 0 Å². The maximum absolute atomic E-state index is 11.4. The Morgan fingerprint density at radius 3 is 2.60 bits per heavy atom. The van der Waals surface area contributed by atoms with Gasteiger partial charge in [-0.25, -0.2) is 9.78 Å². The zero-order chi connectivity index (χ0) is 17.4. The molecule has 0 aliphatic carbocycles. The van der Waals surface area contributed by atoms with Crippen molar-refractivity contribution in [3.05, 3.63) is 66.5 Å². The summed E-state index contributed by atoms with van der Waals surface area (Å²) >= 11 is 0. The molecule has 4 aromatic rings. The molecule has 0 amide bonds. The third-order valence-corrected chi connectivity index (χ3v) is 3.84. The topological polar surface area (TPSA) is 99.5 Å². The second-order valence-corrected chi connectivity index (χ2v) is 5.37. The van der Waals surface area contributed by atoms with Crippen molar-refractivity contribution >= 4 is 33.9 Å². The van der Waals surface area contributed by atoms with Crippen molar-refractivity contribution in [2.24, 2.45) is 10.2 Å². The molecule has 0 aliphatic rings. The molecule has 2 N–H and O–H groups in total. The molecule has 7 nitrogen and oxygen atoms in total. The maximum atomic E-state index is 11.4. The lowest BCUT2D eigenvalue weighted by Crippen LogP contribution is -1.96. The van der Waals surface area contributed by atoms with Crippen LogP contribution in [0.3, 0.4) is 0 Å². The van der Waals surface area contributed by atoms with Crippen LogP contribution in [0.2, 0.25) is 0 Å². The second-order valence-electron chi connectivity index (χ2n) is 5.37. The fourth-order valence-electron chi connectivity index (χ4n) is 2.69. The van der Waals surface area contributed by atoms with Crippen LogP contribution >= 0.6 is 0 Å². The van der Waals surface area contributed by atoms with Crippen molar-refractivity contribution in [3.63, 3.8) is 0 Å². The van der Waals surface area contributed by atoms with Crippen molar-refractivity contribution in [1.29, 1.82) is 0 Å². The number of rotatable bonds is 3. The Kier molecular flexibility index (Phi) is 3.39. The van der Waals surface area contributed by atoms with Crippen LogP contribution in [0.15, 0.2) is 71.0 Å². The summed E-state index contributed by atoms with van der Waals surface area (Å²) in [6.45, 7) is 0. The summed E-state index contributed by atoms with van der Waals surface area (Å²) in [4.78, 5) is 15.5. The smallest absolute Gasteiger partial charge is 0.358 e. The first-order chi connectivity index (χ1) is 12.1. The number of benzene rings is 2. The molecule has 4 rings (SSSR count). The van der Waals surface area contributed by atoms with Crippen LogP contribution in [-0.2, 0) is 0 Å². The number of azo groups is 1. The Balaban J connectivity index is 1.89. The number of imidazole rings is 1. The van der Waals surface area contributed by atoms with Crippen molar-refractivity contribution in [2.45, 2.75) is 0 Å². The van der Waals surface area contributed by atoms with Crippen LogP contribution in [0.1, 0.15) is 10.5 Å². The van der Waals surface area contributed by atoms with E-state index in [-0.39, 0.29) is 17.3 Å². The third-order valence-electron chi connectivity index (χ3n) is 3.84. The lowest BCUT2D eigenvalue weighted by Gasteiger charge is -2.03. The molecule has 0 saturated carbocycles. The minimum atomic E-state index is -1.17. The number of aromatic hydroxyl groups is 1. The van der Waals surface area contributed by atoms with E-state index in [9.17, 15) is 15.0 Å². The van der Waals surface area contributed by atoms with Crippen LogP contribution in [0.5, 0.6) is 5.75 Å². The van der Waals surface area contributed by atoms with Crippen LogP contribution in [-0.4, -0.2) is 25.6 Å². The van der Waals surface area contributed by atoms with Crippen molar-refractivity contribution < 1.29 is 15.0 Å². The number of nitrogens with zero attached hydrogens (tertiary/aromatic N) is 4. The highest BCUT2D eigenvalue weighted by Crippen LogP contribution is 2.33. The largest absolute Gasteiger partial charge is 0.507 e. The fraction of sp³-hybridized carbons (Fsp3) is 0. The Morgan fingerprint density at radius 2 is 1.76 bits per heavy atom. The van der Waals surface area contributed by atoms with Gasteiger partial charge >= 0.3 is 5.97 Å². The molecule has 0 aliphatic heterocycles. The molecule has 7 heteroatoms. The first kappa shape index (κ1) is 14.8. The van der Waals surface area contributed by atoms with E-state index in [2.05, 4.69) is 15.2 Å². The van der Waals surface area contributed by atoms with E-state index in [4.69, 9.17) is 0 Å². The van der Waals surface area contributed by atoms with Gasteiger partial charge in [0.1, 0.15) is 11.4 Å². The summed E-state index contributed by atoms with van der Waals surface area (Å²) in [5.74, 6) is -0.885. The normalized spacial score (nSPS) is 11.5. The summed E-state index contributed by atoms with van der Waals surface area (Å²) < 4.78 is 1.57. The number of hydrogen-bond acceptors (Lipinski definition) is 5. The molecule has 25 heavy (non-hydrogen) atoms. The van der Waals surface area contributed by atoms with Gasteiger partial charge in [-0.3, -0.25) is 4.40 Å². The Morgan fingerprint density at radius 1 is 0.960 bits per heavy atom. The number of carbonyl (C=O) groups is 1. The van der Waals surface area contributed by atoms with Gasteiger partial charge in [0.15, 0.2) is 11.5 Å². The Bertz CT molecular complexity index is 1150. The van der Waals surface area contributed by atoms with E-state index in [1.807, 2.05) is 6.07 Å². The molecular weight excluding hydrogens is 320 g/mol. The molecule has 0 atom stereocenters. The number of carboxylic acid groups (broad SMARTS) is 1. The third kappa shape index (κ3) is 2.47. The van der Waals surface area contributed by atoms with E-state index in [1.54, 1.807) is 59.1 Å². The van der Waals surface area contributed by atoms with Gasteiger partial charge in [0.25, 0.3) is 0 Å². The Labute approximate surface area is 141 Å². The summed E-state index contributed by atoms with van der Waals surface area (Å²) in [5.41, 5.74) is 0.832. The van der Waals surface area contributed by atoms with Gasteiger partial charge in [0, 0.05) is 17.0 Å². The number of phenolic OH excluding ortho intramolecular Hbond substituents is 1. The molecular formula is C18H12N4O3. The second kappa shape index (κ2) is 5.72. The van der Waals surface area contributed by atoms with E-state index < -0.39 is 5.97 Å². The van der Waals surface area contributed by atoms with E-state index >= 15 is 0 Å². The van der Waals surface area contributed by atoms with Gasteiger partial charge in [-0.2, -0.15) is 0 Å². The van der Waals surface area contributed by atoms with Crippen molar-refractivity contribution in [1.82, 2.24) is 9.38 Å². The molecule has 122 valence electrons. The minimum absolute atomic E-state index is 0.139. The summed E-state index contributed by atoms with van der Waals surface area (Å²) in [6.07, 6.45) is 1.68. The van der Waals surface area contributed by atoms with E-state index in [0.717, 1.165) is 5.39 Å². The minimum Gasteiger partial charge on any atom is -0.507 e. The molecule has 0 fully saturated rings. The number of carboxylic acids is 1. The molecule has 2 heterocycles. The standard InChI is InChI=1S/C18H12N4O3/c23-14-8-4-5-11-12(14)6-3-7-13(11)20-21-17-16(18(24)25)19-15-9-1-2-10-22(15)17/h1-10,23H,(H,24,25).